The van der Waals surface area contributed by atoms with E-state index in [1.807, 2.05) is 20.8 Å². The Kier molecular flexibility index (Phi) is 19.7. The number of nitrogens with one attached hydrogen (secondary N) is 3. The van der Waals surface area contributed by atoms with Crippen molar-refractivity contribution in [3.8, 4) is 0 Å². The third kappa shape index (κ3) is 18.8. The lowest BCUT2D eigenvalue weighted by atomic mass is 9.99. The van der Waals surface area contributed by atoms with E-state index in [0.717, 1.165) is 31.3 Å². The van der Waals surface area contributed by atoms with E-state index in [1.54, 1.807) is 19.9 Å². The fourth-order valence-electron chi connectivity index (χ4n) is 3.99. The molecule has 12 nitrogen and oxygen atoms in total. The summed E-state index contributed by atoms with van der Waals surface area (Å²) in [7, 11) is -4.12. The number of aliphatic hydroxyl groups is 1. The maximum atomic E-state index is 13.1. The van der Waals surface area contributed by atoms with E-state index in [9.17, 15) is 33.7 Å². The lowest BCUT2D eigenvalue weighted by Crippen LogP contribution is -2.57. The fourth-order valence-corrected chi connectivity index (χ4v) is 4.96. The minimum atomic E-state index is -4.12. The van der Waals surface area contributed by atoms with E-state index in [0.29, 0.717) is 0 Å². The van der Waals surface area contributed by atoms with E-state index in [4.69, 9.17) is 9.63 Å². The Balaban J connectivity index is 5.09. The van der Waals surface area contributed by atoms with Crippen LogP contribution in [0.3, 0.4) is 0 Å². The highest BCUT2D eigenvalue weighted by atomic mass is 31.2. The summed E-state index contributed by atoms with van der Waals surface area (Å²) in [5.41, 5.74) is 3.50. The molecule has 3 amide bonds. The molecule has 4 atom stereocenters. The Hall–Kier alpha value is -2.79. The van der Waals surface area contributed by atoms with Gasteiger partial charge in [-0.2, -0.15) is 0 Å². The van der Waals surface area contributed by atoms with Gasteiger partial charge in [-0.3, -0.25) is 23.5 Å². The molecule has 252 valence electrons. The van der Waals surface area contributed by atoms with Crippen molar-refractivity contribution in [2.75, 3.05) is 19.4 Å². The number of allylic oxidation sites excluding steroid dienone is 6. The minimum Gasteiger partial charge on any atom is -0.480 e. The molecule has 0 bridgehead atoms. The topological polar surface area (TPSA) is 191 Å². The molecular formula is C31H54N3O9P. The highest BCUT2D eigenvalue weighted by molar-refractivity contribution is 7.53. The number of hydrogen-bond donors (Lipinski definition) is 6. The number of amides is 3. The molecule has 0 aliphatic rings. The third-order valence-electron chi connectivity index (χ3n) is 6.59. The number of carbonyl (C=O) groups is 4. The molecule has 0 spiro atoms. The van der Waals surface area contributed by atoms with Crippen molar-refractivity contribution < 1.29 is 43.4 Å². The van der Waals surface area contributed by atoms with Crippen LogP contribution in [0, 0.1) is 11.8 Å². The molecule has 0 saturated carbocycles. The van der Waals surface area contributed by atoms with Crippen molar-refractivity contribution >= 4 is 31.3 Å². The maximum absolute atomic E-state index is 13.1. The zero-order chi connectivity index (χ0) is 34.0. The molecular weight excluding hydrogens is 589 g/mol. The second kappa shape index (κ2) is 21.0. The van der Waals surface area contributed by atoms with Crippen molar-refractivity contribution in [1.29, 1.82) is 0 Å². The first-order valence-corrected chi connectivity index (χ1v) is 16.8. The quantitative estimate of drug-likeness (QED) is 0.0797. The Morgan fingerprint density at radius 3 is 1.86 bits per heavy atom. The van der Waals surface area contributed by atoms with Gasteiger partial charge < -0.3 is 31.1 Å². The molecule has 0 heterocycles. The first kappa shape index (κ1) is 41.2. The summed E-state index contributed by atoms with van der Waals surface area (Å²) in [6.45, 7) is 13.5. The van der Waals surface area contributed by atoms with Crippen molar-refractivity contribution in [2.24, 2.45) is 11.8 Å². The number of aliphatic hydroxyl groups excluding tert-OH is 1. The predicted octanol–water partition coefficient (Wildman–Crippen LogP) is 3.84. The van der Waals surface area contributed by atoms with E-state index in [2.05, 4.69) is 48.9 Å². The Labute approximate surface area is 262 Å². The number of hydrogen-bond acceptors (Lipinski definition) is 7. The van der Waals surface area contributed by atoms with Crippen LogP contribution in [0.25, 0.3) is 0 Å². The molecule has 0 aliphatic carbocycles. The van der Waals surface area contributed by atoms with Crippen molar-refractivity contribution in [3.63, 3.8) is 0 Å². The van der Waals surface area contributed by atoms with Crippen LogP contribution in [0.5, 0.6) is 0 Å². The van der Waals surface area contributed by atoms with E-state index in [-0.39, 0.29) is 18.5 Å². The number of rotatable bonds is 21. The van der Waals surface area contributed by atoms with Crippen LogP contribution in [-0.2, 0) is 28.3 Å². The molecule has 6 N–H and O–H groups in total. The lowest BCUT2D eigenvalue weighted by Gasteiger charge is -2.26. The van der Waals surface area contributed by atoms with Gasteiger partial charge in [-0.1, -0.05) is 62.6 Å². The number of carboxylic acid groups (broad SMARTS) is 1. The zero-order valence-electron chi connectivity index (χ0n) is 27.5. The highest BCUT2D eigenvalue weighted by Crippen LogP contribution is 2.42. The summed E-state index contributed by atoms with van der Waals surface area (Å²) < 4.78 is 17.5. The molecule has 0 radical (unpaired) electrons. The van der Waals surface area contributed by atoms with Gasteiger partial charge in [-0.05, 0) is 71.6 Å². The van der Waals surface area contributed by atoms with Gasteiger partial charge in [0.25, 0.3) is 0 Å². The summed E-state index contributed by atoms with van der Waals surface area (Å²) >= 11 is 0. The second-order valence-electron chi connectivity index (χ2n) is 12.1. The van der Waals surface area contributed by atoms with Crippen LogP contribution < -0.4 is 16.0 Å². The molecule has 0 saturated heterocycles. The number of carboxylic acids is 1. The molecule has 0 aromatic rings. The van der Waals surface area contributed by atoms with E-state index in [1.165, 1.54) is 11.1 Å². The van der Waals surface area contributed by atoms with Gasteiger partial charge in [0.15, 0.2) is 0 Å². The molecule has 0 aliphatic heterocycles. The first-order chi connectivity index (χ1) is 20.4. The van der Waals surface area contributed by atoms with Gasteiger partial charge in [0, 0.05) is 0 Å². The normalized spacial score (nSPS) is 15.6. The van der Waals surface area contributed by atoms with Crippen LogP contribution in [0.4, 0.5) is 0 Å². The monoisotopic (exact) mass is 643 g/mol. The fraction of sp³-hybridized carbons (Fsp3) is 0.677. The zero-order valence-corrected chi connectivity index (χ0v) is 28.4. The molecule has 44 heavy (non-hydrogen) atoms. The average molecular weight is 644 g/mol. The summed E-state index contributed by atoms with van der Waals surface area (Å²) in [5, 5.41) is 25.6. The standard InChI is InChI=1S/C31H54N3O9P/c1-20(2)11-9-12-23(7)13-10-14-24(8)15-16-44(41,42)43-19-27(36)34-28(22(5)6)30(38)32-25(17-21(3)4)29(37)33-26(18-35)31(39)40/h11,13,15,21-22,25-26,28,35H,9-10,12,14,16-19H2,1-8H3,(H,32,38)(H,33,37)(H,34,36)(H,39,40)(H,41,42)/b23-13+,24-15+/t25-,26-,28-/m0/s1. The highest BCUT2D eigenvalue weighted by Gasteiger charge is 2.31. The van der Waals surface area contributed by atoms with Gasteiger partial charge in [0.05, 0.1) is 12.8 Å². The first-order valence-electron chi connectivity index (χ1n) is 15.0. The van der Waals surface area contributed by atoms with Gasteiger partial charge in [-0.25, -0.2) is 4.79 Å². The summed E-state index contributed by atoms with van der Waals surface area (Å²) in [5.74, 6) is -4.19. The van der Waals surface area contributed by atoms with Gasteiger partial charge >= 0.3 is 13.6 Å². The van der Waals surface area contributed by atoms with Crippen LogP contribution in [0.15, 0.2) is 34.9 Å². The summed E-state index contributed by atoms with van der Waals surface area (Å²) in [6, 6.07) is -3.77. The van der Waals surface area contributed by atoms with E-state index < -0.39 is 68.5 Å². The van der Waals surface area contributed by atoms with Crippen LogP contribution in [0.1, 0.15) is 87.5 Å². The molecule has 13 heteroatoms. The molecule has 0 aromatic carbocycles. The smallest absolute Gasteiger partial charge is 0.332 e. The van der Waals surface area contributed by atoms with E-state index >= 15 is 0 Å². The SMILES string of the molecule is CC(C)=CCC/C(C)=C/CC/C(C)=C/CP(=O)(O)OCC(=O)N[C@H](C(=O)N[C@@H](CC(C)C)C(=O)N[C@@H](CO)C(=O)O)C(C)C. The molecule has 1 unspecified atom stereocenters. The Bertz CT molecular complexity index is 1090. The lowest BCUT2D eigenvalue weighted by molar-refractivity contribution is -0.143. The maximum Gasteiger partial charge on any atom is 0.332 e. The average Bonchev–Trinajstić information content (AvgIpc) is 2.91. The minimum absolute atomic E-state index is 0.0569. The number of aliphatic carboxylic acids is 1. The van der Waals surface area contributed by atoms with Gasteiger partial charge in [-0.15, -0.1) is 0 Å². The van der Waals surface area contributed by atoms with Gasteiger partial charge in [0.2, 0.25) is 17.7 Å². The Morgan fingerprint density at radius 1 is 0.818 bits per heavy atom. The molecule has 0 aromatic heterocycles. The largest absolute Gasteiger partial charge is 0.480 e. The van der Waals surface area contributed by atoms with Crippen molar-refractivity contribution in [1.82, 2.24) is 16.0 Å². The van der Waals surface area contributed by atoms with Gasteiger partial charge in [0.1, 0.15) is 24.7 Å². The van der Waals surface area contributed by atoms with Crippen LogP contribution in [-0.4, -0.2) is 76.3 Å². The van der Waals surface area contributed by atoms with Crippen molar-refractivity contribution in [3.05, 3.63) is 34.9 Å². The molecule has 0 fully saturated rings. The van der Waals surface area contributed by atoms with Crippen LogP contribution in [0.2, 0.25) is 0 Å². The molecule has 0 rings (SSSR count). The number of carbonyl (C=O) groups excluding carboxylic acids is 3. The summed E-state index contributed by atoms with van der Waals surface area (Å²) in [4.78, 5) is 59.8. The van der Waals surface area contributed by atoms with Crippen LogP contribution >= 0.6 is 7.60 Å². The summed E-state index contributed by atoms with van der Waals surface area (Å²) in [6.07, 6.45) is 9.41. The second-order valence-corrected chi connectivity index (χ2v) is 14.0. The third-order valence-corrected chi connectivity index (χ3v) is 7.77. The predicted molar refractivity (Wildman–Crippen MR) is 171 cm³/mol. The Morgan fingerprint density at radius 2 is 1.36 bits per heavy atom. The van der Waals surface area contributed by atoms with Crippen molar-refractivity contribution in [2.45, 2.75) is 106 Å².